The molecule has 2 rings (SSSR count). The molecule has 1 aromatic carbocycles. The van der Waals surface area contributed by atoms with Gasteiger partial charge in [0.15, 0.2) is 11.7 Å². The largest absolute Gasteiger partial charge is 0.482 e. The number of halogens is 2. The minimum absolute atomic E-state index is 0.102. The third kappa shape index (κ3) is 3.62. The molecular weight excluding hydrogens is 319 g/mol. The summed E-state index contributed by atoms with van der Waals surface area (Å²) in [6.45, 7) is 2.31. The van der Waals surface area contributed by atoms with Crippen molar-refractivity contribution in [3.63, 3.8) is 0 Å². The van der Waals surface area contributed by atoms with Gasteiger partial charge in [0, 0.05) is 23.1 Å². The van der Waals surface area contributed by atoms with Crippen molar-refractivity contribution < 1.29 is 9.53 Å². The number of carbonyl (C=O) groups excluding carboxylic acids is 1. The number of likely N-dealkylation sites (N-methyl/N-ethyl adjacent to an activating group) is 1. The molecule has 0 bridgehead atoms. The van der Waals surface area contributed by atoms with E-state index in [-0.39, 0.29) is 12.5 Å². The molecule has 0 aliphatic carbocycles. The molecule has 0 radical (unpaired) electrons. The molecule has 0 aliphatic heterocycles. The molecule has 0 N–H and O–H groups in total. The second-order valence-electron chi connectivity index (χ2n) is 3.82. The Bertz CT molecular complexity index is 590. The van der Waals surface area contributed by atoms with Gasteiger partial charge in [-0.1, -0.05) is 23.2 Å². The number of hydrogen-bond acceptors (Lipinski definition) is 4. The number of anilines is 1. The number of hydrogen-bond donors (Lipinski definition) is 0. The summed E-state index contributed by atoms with van der Waals surface area (Å²) in [6.07, 6.45) is 1.66. The molecule has 106 valence electrons. The molecule has 1 aromatic heterocycles. The Kier molecular flexibility index (Phi) is 5.23. The van der Waals surface area contributed by atoms with Crippen LogP contribution in [0.1, 0.15) is 6.92 Å². The first kappa shape index (κ1) is 15.1. The van der Waals surface area contributed by atoms with Gasteiger partial charge in [0.05, 0.1) is 5.02 Å². The van der Waals surface area contributed by atoms with Gasteiger partial charge in [-0.2, -0.15) is 0 Å². The van der Waals surface area contributed by atoms with Crippen molar-refractivity contribution in [1.82, 2.24) is 4.98 Å². The highest BCUT2D eigenvalue weighted by Crippen LogP contribution is 2.27. The van der Waals surface area contributed by atoms with Gasteiger partial charge in [-0.3, -0.25) is 9.69 Å². The zero-order chi connectivity index (χ0) is 14.5. The van der Waals surface area contributed by atoms with Gasteiger partial charge in [-0.15, -0.1) is 11.3 Å². The lowest BCUT2D eigenvalue weighted by Gasteiger charge is -2.18. The van der Waals surface area contributed by atoms with Crippen molar-refractivity contribution in [1.29, 1.82) is 0 Å². The average molecular weight is 331 g/mol. The van der Waals surface area contributed by atoms with E-state index in [4.69, 9.17) is 27.9 Å². The van der Waals surface area contributed by atoms with Crippen LogP contribution in [-0.2, 0) is 4.79 Å². The minimum atomic E-state index is -0.173. The van der Waals surface area contributed by atoms with Crippen molar-refractivity contribution in [2.24, 2.45) is 0 Å². The summed E-state index contributed by atoms with van der Waals surface area (Å²) in [7, 11) is 0. The highest BCUT2D eigenvalue weighted by Gasteiger charge is 2.17. The van der Waals surface area contributed by atoms with Crippen LogP contribution in [0.4, 0.5) is 5.13 Å². The number of aromatic nitrogens is 1. The number of ether oxygens (including phenoxy) is 1. The van der Waals surface area contributed by atoms with E-state index in [2.05, 4.69) is 4.98 Å². The quantitative estimate of drug-likeness (QED) is 0.835. The van der Waals surface area contributed by atoms with Crippen molar-refractivity contribution in [3.05, 3.63) is 39.8 Å². The summed E-state index contributed by atoms with van der Waals surface area (Å²) in [5.74, 6) is 0.257. The third-order valence-electron chi connectivity index (χ3n) is 2.51. The Morgan fingerprint density at radius 2 is 2.25 bits per heavy atom. The summed E-state index contributed by atoms with van der Waals surface area (Å²) in [5.41, 5.74) is 0. The van der Waals surface area contributed by atoms with E-state index in [1.165, 1.54) is 11.3 Å². The molecule has 0 aliphatic rings. The summed E-state index contributed by atoms with van der Waals surface area (Å²) in [5, 5.41) is 3.37. The van der Waals surface area contributed by atoms with Crippen LogP contribution >= 0.6 is 34.5 Å². The van der Waals surface area contributed by atoms with Gasteiger partial charge in [0.25, 0.3) is 5.91 Å². The third-order valence-corrected chi connectivity index (χ3v) is 3.84. The van der Waals surface area contributed by atoms with Crippen LogP contribution in [0.3, 0.4) is 0 Å². The number of benzene rings is 1. The zero-order valence-corrected chi connectivity index (χ0v) is 13.0. The molecule has 7 heteroatoms. The predicted octanol–water partition coefficient (Wildman–Crippen LogP) is 3.88. The Balaban J connectivity index is 2.01. The second kappa shape index (κ2) is 6.92. The first-order valence-corrected chi connectivity index (χ1v) is 7.53. The molecule has 1 heterocycles. The molecule has 1 amide bonds. The van der Waals surface area contributed by atoms with Gasteiger partial charge < -0.3 is 4.74 Å². The fourth-order valence-corrected chi connectivity index (χ4v) is 2.76. The van der Waals surface area contributed by atoms with E-state index < -0.39 is 0 Å². The summed E-state index contributed by atoms with van der Waals surface area (Å²) >= 11 is 13.2. The Hall–Kier alpha value is -1.30. The summed E-state index contributed by atoms with van der Waals surface area (Å²) in [4.78, 5) is 17.8. The smallest absolute Gasteiger partial charge is 0.266 e. The molecule has 0 atom stereocenters. The molecular formula is C13H12Cl2N2O2S. The lowest BCUT2D eigenvalue weighted by atomic mass is 10.3. The number of amides is 1. The zero-order valence-electron chi connectivity index (χ0n) is 10.7. The number of rotatable bonds is 5. The highest BCUT2D eigenvalue weighted by molar-refractivity contribution is 7.13. The molecule has 0 unspecified atom stereocenters. The van der Waals surface area contributed by atoms with Crippen molar-refractivity contribution in [3.8, 4) is 5.75 Å². The molecule has 0 spiro atoms. The summed E-state index contributed by atoms with van der Waals surface area (Å²) < 4.78 is 5.43. The summed E-state index contributed by atoms with van der Waals surface area (Å²) in [6, 6.07) is 4.87. The number of thiazole rings is 1. The average Bonchev–Trinajstić information content (AvgIpc) is 2.92. The number of nitrogens with zero attached hydrogens (tertiary/aromatic N) is 2. The molecule has 2 aromatic rings. The van der Waals surface area contributed by atoms with E-state index in [1.807, 2.05) is 12.3 Å². The van der Waals surface area contributed by atoms with Gasteiger partial charge >= 0.3 is 0 Å². The van der Waals surface area contributed by atoms with Crippen LogP contribution in [0, 0.1) is 0 Å². The lowest BCUT2D eigenvalue weighted by molar-refractivity contribution is -0.120. The second-order valence-corrected chi connectivity index (χ2v) is 5.53. The Labute approximate surface area is 130 Å². The number of carbonyl (C=O) groups is 1. The molecule has 0 fully saturated rings. The van der Waals surface area contributed by atoms with Crippen LogP contribution in [0.15, 0.2) is 29.8 Å². The van der Waals surface area contributed by atoms with E-state index in [9.17, 15) is 4.79 Å². The standard InChI is InChI=1S/C13H12Cl2N2O2S/c1-2-17(13-16-5-6-20-13)12(18)8-19-11-4-3-9(14)7-10(11)15/h3-7H,2,8H2,1H3. The maximum Gasteiger partial charge on any atom is 0.266 e. The van der Waals surface area contributed by atoms with Gasteiger partial charge in [-0.25, -0.2) is 4.98 Å². The van der Waals surface area contributed by atoms with Crippen molar-refractivity contribution >= 4 is 45.6 Å². The maximum atomic E-state index is 12.1. The van der Waals surface area contributed by atoms with Crippen LogP contribution in [0.2, 0.25) is 10.0 Å². The fraction of sp³-hybridized carbons (Fsp3) is 0.231. The Morgan fingerprint density at radius 3 is 2.85 bits per heavy atom. The van der Waals surface area contributed by atoms with E-state index >= 15 is 0 Å². The topological polar surface area (TPSA) is 42.4 Å². The van der Waals surface area contributed by atoms with Crippen LogP contribution in [0.25, 0.3) is 0 Å². The predicted molar refractivity (Wildman–Crippen MR) is 82.1 cm³/mol. The van der Waals surface area contributed by atoms with E-state index in [0.717, 1.165) is 0 Å². The van der Waals surface area contributed by atoms with Crippen molar-refractivity contribution in [2.45, 2.75) is 6.92 Å². The normalized spacial score (nSPS) is 10.3. The molecule has 0 saturated heterocycles. The maximum absolute atomic E-state index is 12.1. The fourth-order valence-electron chi connectivity index (χ4n) is 1.58. The Morgan fingerprint density at radius 1 is 1.45 bits per heavy atom. The van der Waals surface area contributed by atoms with E-state index in [1.54, 1.807) is 29.3 Å². The minimum Gasteiger partial charge on any atom is -0.482 e. The van der Waals surface area contributed by atoms with Crippen LogP contribution in [-0.4, -0.2) is 24.0 Å². The van der Waals surface area contributed by atoms with Gasteiger partial charge in [0.1, 0.15) is 5.75 Å². The van der Waals surface area contributed by atoms with E-state index in [0.29, 0.717) is 27.5 Å². The van der Waals surface area contributed by atoms with Crippen LogP contribution in [0.5, 0.6) is 5.75 Å². The molecule has 4 nitrogen and oxygen atoms in total. The lowest BCUT2D eigenvalue weighted by Crippen LogP contribution is -2.34. The molecule has 20 heavy (non-hydrogen) atoms. The first-order valence-electron chi connectivity index (χ1n) is 5.89. The molecule has 0 saturated carbocycles. The van der Waals surface area contributed by atoms with Gasteiger partial charge in [-0.05, 0) is 25.1 Å². The SMILES string of the molecule is CCN(C(=O)COc1ccc(Cl)cc1Cl)c1nccs1. The highest BCUT2D eigenvalue weighted by atomic mass is 35.5. The monoisotopic (exact) mass is 330 g/mol. The van der Waals surface area contributed by atoms with Crippen molar-refractivity contribution in [2.75, 3.05) is 18.1 Å². The first-order chi connectivity index (χ1) is 9.61. The van der Waals surface area contributed by atoms with Gasteiger partial charge in [0.2, 0.25) is 0 Å². The van der Waals surface area contributed by atoms with Crippen LogP contribution < -0.4 is 9.64 Å².